The average Bonchev–Trinajstić information content (AvgIpc) is 3.33. The van der Waals surface area contributed by atoms with E-state index < -0.39 is 5.97 Å². The standard InChI is InChI=1S/C19H30N6O3/c26-17(27)11-24(10-13-6-7-13)16-8-14(9-16)21-19(28)22-18-20-12-25(23-18)15-4-2-1-3-5-15/h12-16H,1-11H2,(H,26,27)(H2,21,22,23,28). The Labute approximate surface area is 164 Å². The fourth-order valence-electron chi connectivity index (χ4n) is 4.33. The first-order valence-electron chi connectivity index (χ1n) is 10.5. The lowest BCUT2D eigenvalue weighted by Crippen LogP contribution is -2.55. The number of aliphatic carboxylic acids is 1. The third kappa shape index (κ3) is 5.01. The largest absolute Gasteiger partial charge is 0.480 e. The maximum Gasteiger partial charge on any atom is 0.321 e. The molecule has 3 fully saturated rings. The van der Waals surface area contributed by atoms with Crippen LogP contribution in [0.15, 0.2) is 6.33 Å². The Balaban J connectivity index is 1.20. The first-order valence-corrected chi connectivity index (χ1v) is 10.5. The predicted octanol–water partition coefficient (Wildman–Crippen LogP) is 2.23. The number of carboxylic acid groups (broad SMARTS) is 1. The summed E-state index contributed by atoms with van der Waals surface area (Å²) in [6.45, 7) is 0.945. The van der Waals surface area contributed by atoms with Gasteiger partial charge in [0.15, 0.2) is 0 Å². The van der Waals surface area contributed by atoms with Gasteiger partial charge in [-0.15, -0.1) is 5.10 Å². The molecule has 0 aromatic carbocycles. The quantitative estimate of drug-likeness (QED) is 0.627. The van der Waals surface area contributed by atoms with Gasteiger partial charge in [-0.25, -0.2) is 14.5 Å². The summed E-state index contributed by atoms with van der Waals surface area (Å²) in [5, 5.41) is 19.2. The van der Waals surface area contributed by atoms with Crippen molar-refractivity contribution in [1.82, 2.24) is 25.0 Å². The third-order valence-corrected chi connectivity index (χ3v) is 6.18. The van der Waals surface area contributed by atoms with Crippen LogP contribution in [0.3, 0.4) is 0 Å². The number of hydrogen-bond acceptors (Lipinski definition) is 5. The SMILES string of the molecule is O=C(O)CN(CC1CC1)C1CC(NC(=O)Nc2ncn(C3CCCCC3)n2)C1. The molecule has 3 aliphatic rings. The summed E-state index contributed by atoms with van der Waals surface area (Å²) in [5.41, 5.74) is 0. The maximum atomic E-state index is 12.2. The number of carbonyl (C=O) groups excluding carboxylic acids is 1. The molecule has 28 heavy (non-hydrogen) atoms. The van der Waals surface area contributed by atoms with Crippen LogP contribution in [-0.2, 0) is 4.79 Å². The normalized spacial score (nSPS) is 25.3. The number of nitrogens with one attached hydrogen (secondary N) is 2. The topological polar surface area (TPSA) is 112 Å². The number of rotatable bonds is 8. The van der Waals surface area contributed by atoms with E-state index in [4.69, 9.17) is 5.11 Å². The lowest BCUT2D eigenvalue weighted by atomic mass is 9.85. The first kappa shape index (κ1) is 19.2. The zero-order valence-electron chi connectivity index (χ0n) is 16.2. The summed E-state index contributed by atoms with van der Waals surface area (Å²) >= 11 is 0. The Morgan fingerprint density at radius 1 is 1.18 bits per heavy atom. The van der Waals surface area contributed by atoms with Crippen molar-refractivity contribution in [2.24, 2.45) is 5.92 Å². The monoisotopic (exact) mass is 390 g/mol. The van der Waals surface area contributed by atoms with E-state index in [1.54, 1.807) is 6.33 Å². The van der Waals surface area contributed by atoms with Crippen molar-refractivity contribution in [3.63, 3.8) is 0 Å². The van der Waals surface area contributed by atoms with Gasteiger partial charge in [-0.05, 0) is 44.4 Å². The van der Waals surface area contributed by atoms with Gasteiger partial charge in [0, 0.05) is 18.6 Å². The summed E-state index contributed by atoms with van der Waals surface area (Å²) in [6, 6.07) is 0.405. The summed E-state index contributed by atoms with van der Waals surface area (Å²) in [5.74, 6) is 0.203. The van der Waals surface area contributed by atoms with E-state index in [1.807, 2.05) is 4.68 Å². The van der Waals surface area contributed by atoms with Gasteiger partial charge < -0.3 is 10.4 Å². The molecule has 0 spiro atoms. The van der Waals surface area contributed by atoms with E-state index >= 15 is 0 Å². The molecule has 3 saturated carbocycles. The highest BCUT2D eigenvalue weighted by Crippen LogP contribution is 2.33. The summed E-state index contributed by atoms with van der Waals surface area (Å²) in [6.07, 6.45) is 11.6. The lowest BCUT2D eigenvalue weighted by molar-refractivity contribution is -0.139. The van der Waals surface area contributed by atoms with Crippen LogP contribution in [0.5, 0.6) is 0 Å². The van der Waals surface area contributed by atoms with Crippen LogP contribution in [0.2, 0.25) is 0 Å². The molecule has 9 heteroatoms. The van der Waals surface area contributed by atoms with Gasteiger partial charge in [0.05, 0.1) is 12.6 Å². The zero-order valence-corrected chi connectivity index (χ0v) is 16.2. The van der Waals surface area contributed by atoms with Crippen LogP contribution in [0, 0.1) is 5.92 Å². The Bertz CT molecular complexity index is 692. The Morgan fingerprint density at radius 3 is 2.61 bits per heavy atom. The lowest BCUT2D eigenvalue weighted by Gasteiger charge is -2.42. The van der Waals surface area contributed by atoms with E-state index in [9.17, 15) is 9.59 Å². The molecule has 4 rings (SSSR count). The fourth-order valence-corrected chi connectivity index (χ4v) is 4.33. The van der Waals surface area contributed by atoms with E-state index in [0.717, 1.165) is 32.2 Å². The second-order valence-electron chi connectivity index (χ2n) is 8.53. The fraction of sp³-hybridized carbons (Fsp3) is 0.789. The highest BCUT2D eigenvalue weighted by Gasteiger charge is 2.37. The van der Waals surface area contributed by atoms with Gasteiger partial charge in [-0.3, -0.25) is 15.0 Å². The molecule has 0 bridgehead atoms. The third-order valence-electron chi connectivity index (χ3n) is 6.18. The minimum absolute atomic E-state index is 0.0703. The second-order valence-corrected chi connectivity index (χ2v) is 8.53. The average molecular weight is 390 g/mol. The van der Waals surface area contributed by atoms with Crippen LogP contribution >= 0.6 is 0 Å². The summed E-state index contributed by atoms with van der Waals surface area (Å²) < 4.78 is 1.87. The highest BCUT2D eigenvalue weighted by molar-refractivity contribution is 5.87. The van der Waals surface area contributed by atoms with Crippen molar-refractivity contribution in [2.45, 2.75) is 75.9 Å². The van der Waals surface area contributed by atoms with Crippen molar-refractivity contribution in [2.75, 3.05) is 18.4 Å². The molecule has 1 heterocycles. The van der Waals surface area contributed by atoms with Crippen molar-refractivity contribution in [3.8, 4) is 0 Å². The van der Waals surface area contributed by atoms with Crippen LogP contribution in [0.1, 0.15) is 63.8 Å². The van der Waals surface area contributed by atoms with Crippen LogP contribution in [-0.4, -0.2) is 61.9 Å². The summed E-state index contributed by atoms with van der Waals surface area (Å²) in [4.78, 5) is 29.6. The van der Waals surface area contributed by atoms with Gasteiger partial charge >= 0.3 is 12.0 Å². The molecule has 2 amide bonds. The summed E-state index contributed by atoms with van der Waals surface area (Å²) in [7, 11) is 0. The van der Waals surface area contributed by atoms with Gasteiger partial charge in [0.25, 0.3) is 0 Å². The molecular weight excluding hydrogens is 360 g/mol. The molecule has 0 radical (unpaired) electrons. The van der Waals surface area contributed by atoms with Gasteiger partial charge in [-0.1, -0.05) is 19.3 Å². The minimum Gasteiger partial charge on any atom is -0.480 e. The first-order chi connectivity index (χ1) is 13.6. The predicted molar refractivity (Wildman–Crippen MR) is 103 cm³/mol. The maximum absolute atomic E-state index is 12.2. The molecule has 0 aliphatic heterocycles. The van der Waals surface area contributed by atoms with E-state index in [2.05, 4.69) is 25.6 Å². The number of hydrogen-bond donors (Lipinski definition) is 3. The highest BCUT2D eigenvalue weighted by atomic mass is 16.4. The van der Waals surface area contributed by atoms with Gasteiger partial charge in [0.1, 0.15) is 6.33 Å². The number of aromatic nitrogens is 3. The Kier molecular flexibility index (Phi) is 5.79. The van der Waals surface area contributed by atoms with Crippen molar-refractivity contribution in [3.05, 3.63) is 6.33 Å². The van der Waals surface area contributed by atoms with E-state index in [1.165, 1.54) is 32.1 Å². The molecule has 1 aromatic rings. The van der Waals surface area contributed by atoms with Crippen molar-refractivity contribution < 1.29 is 14.7 Å². The second kappa shape index (κ2) is 8.46. The van der Waals surface area contributed by atoms with Crippen LogP contribution in [0.4, 0.5) is 10.7 Å². The number of carboxylic acids is 1. The van der Waals surface area contributed by atoms with Crippen LogP contribution in [0.25, 0.3) is 0 Å². The number of nitrogens with zero attached hydrogens (tertiary/aromatic N) is 4. The van der Waals surface area contributed by atoms with Crippen LogP contribution < -0.4 is 10.6 Å². The van der Waals surface area contributed by atoms with Gasteiger partial charge in [0.2, 0.25) is 5.95 Å². The van der Waals surface area contributed by atoms with Crippen molar-refractivity contribution >= 4 is 17.9 Å². The van der Waals surface area contributed by atoms with E-state index in [-0.39, 0.29) is 24.7 Å². The smallest absolute Gasteiger partial charge is 0.321 e. The number of anilines is 1. The molecule has 0 unspecified atom stereocenters. The number of urea groups is 1. The molecule has 9 nitrogen and oxygen atoms in total. The molecule has 1 aromatic heterocycles. The molecule has 154 valence electrons. The molecular formula is C19H30N6O3. The zero-order chi connectivity index (χ0) is 19.5. The minimum atomic E-state index is -0.783. The van der Waals surface area contributed by atoms with Gasteiger partial charge in [-0.2, -0.15) is 0 Å². The molecule has 0 saturated heterocycles. The van der Waals surface area contributed by atoms with E-state index in [0.29, 0.717) is 17.9 Å². The number of amides is 2. The molecule has 0 atom stereocenters. The van der Waals surface area contributed by atoms with Crippen molar-refractivity contribution in [1.29, 1.82) is 0 Å². The Hall–Kier alpha value is -2.16. The molecule has 3 N–H and O–H groups in total. The number of carbonyl (C=O) groups is 2. The molecule has 3 aliphatic carbocycles. The Morgan fingerprint density at radius 2 is 1.93 bits per heavy atom.